The monoisotopic (exact) mass is 294 g/mol. The number of methoxy groups -OCH3 is 1. The van der Waals surface area contributed by atoms with Gasteiger partial charge in [-0.05, 0) is 25.0 Å². The summed E-state index contributed by atoms with van der Waals surface area (Å²) < 4.78 is 4.47. The van der Waals surface area contributed by atoms with Crippen LogP contribution in [0.4, 0.5) is 11.5 Å². The molecule has 0 aliphatic rings. The highest BCUT2D eigenvalue weighted by atomic mass is 16.5. The maximum Gasteiger partial charge on any atom is 0.306 e. The summed E-state index contributed by atoms with van der Waals surface area (Å²) in [6.45, 7) is 1.37. The first kappa shape index (κ1) is 16.7. The minimum Gasteiger partial charge on any atom is -0.469 e. The molecule has 0 aliphatic heterocycles. The predicted octanol–water partition coefficient (Wildman–Crippen LogP) is 0.925. The van der Waals surface area contributed by atoms with Crippen molar-refractivity contribution in [3.63, 3.8) is 0 Å². The number of carbonyl (C=O) groups excluding carboxylic acids is 2. The predicted molar refractivity (Wildman–Crippen MR) is 80.6 cm³/mol. The van der Waals surface area contributed by atoms with Crippen molar-refractivity contribution in [3.05, 3.63) is 18.3 Å². The van der Waals surface area contributed by atoms with Gasteiger partial charge >= 0.3 is 5.97 Å². The lowest BCUT2D eigenvalue weighted by atomic mass is 10.2. The Kier molecular flexibility index (Phi) is 7.63. The van der Waals surface area contributed by atoms with E-state index in [9.17, 15) is 9.59 Å². The van der Waals surface area contributed by atoms with Crippen molar-refractivity contribution in [1.29, 1.82) is 0 Å². The highest BCUT2D eigenvalue weighted by Crippen LogP contribution is 2.05. The number of nitrogens with zero attached hydrogens (tertiary/aromatic N) is 1. The number of nitrogens with one attached hydrogen (secondary N) is 2. The highest BCUT2D eigenvalue weighted by Gasteiger charge is 2.05. The van der Waals surface area contributed by atoms with Crippen molar-refractivity contribution in [3.8, 4) is 0 Å². The number of esters is 1. The fourth-order valence-corrected chi connectivity index (χ4v) is 1.61. The zero-order chi connectivity index (χ0) is 15.5. The summed E-state index contributed by atoms with van der Waals surface area (Å²) in [6, 6.07) is 3.61. The second-order valence-electron chi connectivity index (χ2n) is 4.54. The lowest BCUT2D eigenvalue weighted by Gasteiger charge is -2.07. The number of hydrogen-bond donors (Lipinski definition) is 3. The third-order valence-electron chi connectivity index (χ3n) is 2.80. The number of anilines is 2. The Balaban J connectivity index is 2.00. The lowest BCUT2D eigenvalue weighted by molar-refractivity contribution is -0.142. The van der Waals surface area contributed by atoms with Crippen LogP contribution in [0.25, 0.3) is 0 Å². The zero-order valence-electron chi connectivity index (χ0n) is 12.2. The van der Waals surface area contributed by atoms with E-state index >= 15 is 0 Å². The molecule has 4 N–H and O–H groups in total. The fraction of sp³-hybridized carbons (Fsp3) is 0.500. The molecule has 7 nitrogen and oxygen atoms in total. The minimum atomic E-state index is -0.370. The quantitative estimate of drug-likeness (QED) is 0.462. The van der Waals surface area contributed by atoms with Crippen LogP contribution in [0.5, 0.6) is 0 Å². The zero-order valence-corrected chi connectivity index (χ0v) is 12.2. The Morgan fingerprint density at radius 3 is 2.67 bits per heavy atom. The topological polar surface area (TPSA) is 106 Å². The number of unbranched alkanes of at least 4 members (excludes halogenated alkanes) is 1. The molecule has 1 rings (SSSR count). The Morgan fingerprint density at radius 1 is 1.24 bits per heavy atom. The summed E-state index contributed by atoms with van der Waals surface area (Å²) in [6.07, 6.45) is 3.64. The number of carbonyl (C=O) groups is 2. The molecule has 0 fully saturated rings. The van der Waals surface area contributed by atoms with Gasteiger partial charge in [0, 0.05) is 19.5 Å². The van der Waals surface area contributed by atoms with Gasteiger partial charge in [-0.15, -0.1) is 0 Å². The van der Waals surface area contributed by atoms with Gasteiger partial charge in [0.25, 0.3) is 0 Å². The van der Waals surface area contributed by atoms with E-state index in [-0.39, 0.29) is 24.7 Å². The Bertz CT molecular complexity index is 448. The van der Waals surface area contributed by atoms with Crippen LogP contribution >= 0.6 is 0 Å². The molecule has 0 aliphatic carbocycles. The summed E-state index contributed by atoms with van der Waals surface area (Å²) in [5.41, 5.74) is 6.18. The van der Waals surface area contributed by atoms with Gasteiger partial charge in [0.15, 0.2) is 0 Å². The summed E-state index contributed by atoms with van der Waals surface area (Å²) in [7, 11) is 1.31. The molecule has 0 radical (unpaired) electrons. The van der Waals surface area contributed by atoms with Crippen LogP contribution in [-0.4, -0.2) is 37.1 Å². The van der Waals surface area contributed by atoms with Crippen molar-refractivity contribution < 1.29 is 14.3 Å². The van der Waals surface area contributed by atoms with Crippen LogP contribution in [-0.2, 0) is 14.3 Å². The first-order chi connectivity index (χ1) is 10.1. The third kappa shape index (κ3) is 7.76. The van der Waals surface area contributed by atoms with Crippen molar-refractivity contribution in [2.45, 2.75) is 25.7 Å². The molecule has 0 spiro atoms. The van der Waals surface area contributed by atoms with Crippen LogP contribution in [0.15, 0.2) is 18.3 Å². The summed E-state index contributed by atoms with van der Waals surface area (Å²) >= 11 is 0. The van der Waals surface area contributed by atoms with E-state index < -0.39 is 0 Å². The van der Waals surface area contributed by atoms with Crippen LogP contribution in [0, 0.1) is 0 Å². The van der Waals surface area contributed by atoms with Gasteiger partial charge in [-0.1, -0.05) is 0 Å². The van der Waals surface area contributed by atoms with Gasteiger partial charge in [0.1, 0.15) is 5.82 Å². The molecular weight excluding hydrogens is 272 g/mol. The van der Waals surface area contributed by atoms with Crippen LogP contribution in [0.3, 0.4) is 0 Å². The lowest BCUT2D eigenvalue weighted by Crippen LogP contribution is -2.25. The van der Waals surface area contributed by atoms with Gasteiger partial charge in [-0.25, -0.2) is 4.98 Å². The number of nitrogen functional groups attached to an aromatic ring is 1. The molecule has 0 unspecified atom stereocenters. The van der Waals surface area contributed by atoms with E-state index in [2.05, 4.69) is 20.4 Å². The van der Waals surface area contributed by atoms with E-state index in [0.29, 0.717) is 12.2 Å². The molecule has 21 heavy (non-hydrogen) atoms. The number of nitrogens with two attached hydrogens (primary N) is 1. The van der Waals surface area contributed by atoms with E-state index in [1.54, 1.807) is 12.3 Å². The molecule has 1 aromatic heterocycles. The van der Waals surface area contributed by atoms with Crippen molar-refractivity contribution in [2.24, 2.45) is 0 Å². The molecule has 116 valence electrons. The van der Waals surface area contributed by atoms with E-state index in [4.69, 9.17) is 5.73 Å². The number of rotatable bonds is 9. The van der Waals surface area contributed by atoms with Crippen LogP contribution < -0.4 is 16.4 Å². The molecule has 0 atom stereocenters. The molecule has 1 amide bonds. The van der Waals surface area contributed by atoms with Crippen LogP contribution in [0.2, 0.25) is 0 Å². The number of amides is 1. The number of hydrogen-bond acceptors (Lipinski definition) is 6. The number of aromatic nitrogens is 1. The van der Waals surface area contributed by atoms with Gasteiger partial charge in [-0.2, -0.15) is 0 Å². The van der Waals surface area contributed by atoms with Crippen molar-refractivity contribution in [2.75, 3.05) is 31.2 Å². The first-order valence-corrected chi connectivity index (χ1v) is 6.90. The molecule has 0 aromatic carbocycles. The van der Waals surface area contributed by atoms with E-state index in [0.717, 1.165) is 25.2 Å². The maximum atomic E-state index is 11.4. The molecule has 1 aromatic rings. The second-order valence-corrected chi connectivity index (χ2v) is 4.54. The standard InChI is InChI=1S/C14H22N4O3/c1-21-14(20)7-6-13(19)17-9-3-2-8-16-12-5-4-11(15)10-18-12/h4-5,10H,2-3,6-9,15H2,1H3,(H,16,18)(H,17,19). The Hall–Kier alpha value is -2.31. The van der Waals surface area contributed by atoms with Gasteiger partial charge in [0.05, 0.1) is 25.4 Å². The SMILES string of the molecule is COC(=O)CCC(=O)NCCCCNc1ccc(N)cn1. The second kappa shape index (κ2) is 9.57. The summed E-state index contributed by atoms with van der Waals surface area (Å²) in [4.78, 5) is 26.4. The molecule has 0 bridgehead atoms. The first-order valence-electron chi connectivity index (χ1n) is 6.90. The Labute approximate surface area is 124 Å². The number of pyridine rings is 1. The average molecular weight is 294 g/mol. The summed E-state index contributed by atoms with van der Waals surface area (Å²) in [5, 5.41) is 5.93. The molecular formula is C14H22N4O3. The van der Waals surface area contributed by atoms with Gasteiger partial charge < -0.3 is 21.1 Å². The minimum absolute atomic E-state index is 0.118. The molecule has 0 saturated carbocycles. The van der Waals surface area contributed by atoms with E-state index in [1.807, 2.05) is 6.07 Å². The van der Waals surface area contributed by atoms with Crippen molar-refractivity contribution in [1.82, 2.24) is 10.3 Å². The van der Waals surface area contributed by atoms with Gasteiger partial charge in [0.2, 0.25) is 5.91 Å². The third-order valence-corrected chi connectivity index (χ3v) is 2.80. The smallest absolute Gasteiger partial charge is 0.306 e. The highest BCUT2D eigenvalue weighted by molar-refractivity contribution is 5.81. The fourth-order valence-electron chi connectivity index (χ4n) is 1.61. The number of ether oxygens (including phenoxy) is 1. The van der Waals surface area contributed by atoms with Crippen LogP contribution in [0.1, 0.15) is 25.7 Å². The van der Waals surface area contributed by atoms with E-state index in [1.165, 1.54) is 7.11 Å². The molecule has 0 saturated heterocycles. The van der Waals surface area contributed by atoms with Gasteiger partial charge in [-0.3, -0.25) is 9.59 Å². The molecule has 7 heteroatoms. The Morgan fingerprint density at radius 2 is 2.00 bits per heavy atom. The van der Waals surface area contributed by atoms with Crippen molar-refractivity contribution >= 4 is 23.4 Å². The normalized spacial score (nSPS) is 9.95. The molecule has 1 heterocycles. The summed E-state index contributed by atoms with van der Waals surface area (Å²) in [5.74, 6) is 0.283. The average Bonchev–Trinajstić information content (AvgIpc) is 2.50. The maximum absolute atomic E-state index is 11.4. The largest absolute Gasteiger partial charge is 0.469 e.